The molecule has 0 N–H and O–H groups in total. The number of ether oxygens (including phenoxy) is 1. The molecule has 13 heteroatoms. The van der Waals surface area contributed by atoms with Gasteiger partial charge in [0.05, 0.1) is 10.9 Å². The van der Waals surface area contributed by atoms with E-state index < -0.39 is 44.9 Å². The van der Waals surface area contributed by atoms with E-state index in [0.717, 1.165) is 45.5 Å². The first-order chi connectivity index (χ1) is 13.4. The third-order valence-electron chi connectivity index (χ3n) is 4.34. The lowest BCUT2D eigenvalue weighted by molar-refractivity contribution is -0.274. The van der Waals surface area contributed by atoms with Crippen LogP contribution in [0.2, 0.25) is 0 Å². The van der Waals surface area contributed by atoms with Gasteiger partial charge in [0.15, 0.2) is 0 Å². The zero-order valence-electron chi connectivity index (χ0n) is 14.6. The molecular weight excluding hydrogens is 428 g/mol. The molecule has 0 radical (unpaired) electrons. The van der Waals surface area contributed by atoms with Crippen LogP contribution >= 0.6 is 0 Å². The molecule has 0 spiro atoms. The second-order valence-electron chi connectivity index (χ2n) is 6.34. The van der Waals surface area contributed by atoms with E-state index in [9.17, 15) is 34.8 Å². The van der Waals surface area contributed by atoms with Crippen molar-refractivity contribution in [2.24, 2.45) is 0 Å². The smallest absolute Gasteiger partial charge is 0.406 e. The van der Waals surface area contributed by atoms with Crippen molar-refractivity contribution < 1.29 is 39.5 Å². The fourth-order valence-corrected chi connectivity index (χ4v) is 4.70. The van der Waals surface area contributed by atoms with Gasteiger partial charge in [0, 0.05) is 25.4 Å². The summed E-state index contributed by atoms with van der Waals surface area (Å²) >= 11 is 0. The number of piperidine rings is 1. The predicted octanol–water partition coefficient (Wildman–Crippen LogP) is 3.83. The maximum Gasteiger partial charge on any atom is 0.573 e. The van der Waals surface area contributed by atoms with Gasteiger partial charge in [-0.1, -0.05) is 6.07 Å². The lowest BCUT2D eigenvalue weighted by Gasteiger charge is -2.33. The van der Waals surface area contributed by atoms with E-state index in [1.165, 1.54) is 0 Å². The Hall–Kier alpha value is -2.28. The molecule has 1 aliphatic rings. The molecule has 1 saturated heterocycles. The SMILES string of the molecule is O=S(=O)(c1cccc(OC(F)(F)F)c1)N1CCC[C@@H](n2nccc2C(F)(F)F)C1. The van der Waals surface area contributed by atoms with E-state index in [4.69, 9.17) is 0 Å². The summed E-state index contributed by atoms with van der Waals surface area (Å²) in [4.78, 5) is -0.448. The second-order valence-corrected chi connectivity index (χ2v) is 8.28. The Labute approximate surface area is 161 Å². The highest BCUT2D eigenvalue weighted by atomic mass is 32.2. The molecular formula is C16H15F6N3O3S. The highest BCUT2D eigenvalue weighted by molar-refractivity contribution is 7.89. The second kappa shape index (κ2) is 7.52. The number of hydrogen-bond acceptors (Lipinski definition) is 4. The van der Waals surface area contributed by atoms with Crippen molar-refractivity contribution in [1.29, 1.82) is 0 Å². The molecule has 0 saturated carbocycles. The van der Waals surface area contributed by atoms with Crippen molar-refractivity contribution in [3.8, 4) is 5.75 Å². The summed E-state index contributed by atoms with van der Waals surface area (Å²) in [6, 6.07) is 3.79. The van der Waals surface area contributed by atoms with Gasteiger partial charge in [0.2, 0.25) is 10.0 Å². The average molecular weight is 443 g/mol. The van der Waals surface area contributed by atoms with Gasteiger partial charge in [-0.3, -0.25) is 4.68 Å². The Morgan fingerprint density at radius 3 is 2.48 bits per heavy atom. The van der Waals surface area contributed by atoms with Crippen molar-refractivity contribution in [3.05, 3.63) is 42.2 Å². The zero-order valence-corrected chi connectivity index (χ0v) is 15.4. The van der Waals surface area contributed by atoms with E-state index >= 15 is 0 Å². The standard InChI is InChI=1S/C16H15F6N3O3S/c17-15(18,19)14-6-7-23-25(14)11-3-2-8-24(10-11)29(26,27)13-5-1-4-12(9-13)28-16(20,21)22/h1,4-7,9,11H,2-3,8,10H2/t11-/m1/s1. The lowest BCUT2D eigenvalue weighted by atomic mass is 10.1. The minimum absolute atomic E-state index is 0.0197. The van der Waals surface area contributed by atoms with E-state index in [-0.39, 0.29) is 25.9 Å². The molecule has 0 bridgehead atoms. The van der Waals surface area contributed by atoms with Crippen LogP contribution in [0.1, 0.15) is 24.6 Å². The average Bonchev–Trinajstić information content (AvgIpc) is 3.11. The number of hydrogen-bond donors (Lipinski definition) is 0. The number of halogens is 6. The number of nitrogens with zero attached hydrogens (tertiary/aromatic N) is 3. The third-order valence-corrected chi connectivity index (χ3v) is 6.20. The largest absolute Gasteiger partial charge is 0.573 e. The molecule has 2 aromatic rings. The summed E-state index contributed by atoms with van der Waals surface area (Å²) in [6.45, 7) is -0.275. The van der Waals surface area contributed by atoms with Crippen molar-refractivity contribution >= 4 is 10.0 Å². The van der Waals surface area contributed by atoms with Crippen LogP contribution in [0, 0.1) is 0 Å². The molecule has 29 heavy (non-hydrogen) atoms. The summed E-state index contributed by atoms with van der Waals surface area (Å²) in [7, 11) is -4.25. The zero-order chi connectivity index (χ0) is 21.4. The molecule has 1 aromatic heterocycles. The van der Waals surface area contributed by atoms with E-state index in [2.05, 4.69) is 9.84 Å². The topological polar surface area (TPSA) is 64.4 Å². The van der Waals surface area contributed by atoms with Gasteiger partial charge in [-0.2, -0.15) is 22.6 Å². The highest BCUT2D eigenvalue weighted by Crippen LogP contribution is 2.34. The fraction of sp³-hybridized carbons (Fsp3) is 0.438. The summed E-state index contributed by atoms with van der Waals surface area (Å²) in [5.74, 6) is -0.710. The minimum atomic E-state index is -4.99. The Morgan fingerprint density at radius 1 is 1.10 bits per heavy atom. The molecule has 1 fully saturated rings. The van der Waals surface area contributed by atoms with E-state index in [1.54, 1.807) is 0 Å². The quantitative estimate of drug-likeness (QED) is 0.674. The summed E-state index contributed by atoms with van der Waals surface area (Å²) in [5, 5.41) is 3.68. The molecule has 0 aliphatic carbocycles. The number of alkyl halides is 6. The van der Waals surface area contributed by atoms with Gasteiger partial charge < -0.3 is 4.74 Å². The lowest BCUT2D eigenvalue weighted by Crippen LogP contribution is -2.41. The Bertz CT molecular complexity index is 971. The number of rotatable bonds is 4. The maximum absolute atomic E-state index is 13.1. The number of aromatic nitrogens is 2. The van der Waals surface area contributed by atoms with Gasteiger partial charge in [-0.05, 0) is 31.0 Å². The minimum Gasteiger partial charge on any atom is -0.406 e. The van der Waals surface area contributed by atoms with Gasteiger partial charge in [0.1, 0.15) is 11.4 Å². The molecule has 160 valence electrons. The molecule has 1 atom stereocenters. The summed E-state index contributed by atoms with van der Waals surface area (Å²) in [6.07, 6.45) is -8.13. The van der Waals surface area contributed by atoms with Crippen molar-refractivity contribution in [2.75, 3.05) is 13.1 Å². The first-order valence-electron chi connectivity index (χ1n) is 8.34. The van der Waals surface area contributed by atoms with Crippen molar-refractivity contribution in [3.63, 3.8) is 0 Å². The van der Waals surface area contributed by atoms with Gasteiger partial charge in [-0.25, -0.2) is 8.42 Å². The van der Waals surface area contributed by atoms with Crippen LogP contribution in [0.25, 0.3) is 0 Å². The molecule has 1 aliphatic heterocycles. The number of sulfonamides is 1. The normalized spacial score (nSPS) is 19.3. The summed E-state index contributed by atoms with van der Waals surface area (Å²) in [5.41, 5.74) is -0.998. The van der Waals surface area contributed by atoms with Gasteiger partial charge >= 0.3 is 12.5 Å². The molecule has 2 heterocycles. The van der Waals surface area contributed by atoms with Crippen LogP contribution in [0.4, 0.5) is 26.3 Å². The van der Waals surface area contributed by atoms with Crippen LogP contribution in [-0.4, -0.2) is 42.0 Å². The first kappa shape index (κ1) is 21.4. The van der Waals surface area contributed by atoms with Crippen LogP contribution < -0.4 is 4.74 Å². The molecule has 0 amide bonds. The van der Waals surface area contributed by atoms with Crippen molar-refractivity contribution in [2.45, 2.75) is 36.3 Å². The molecule has 3 rings (SSSR count). The fourth-order valence-electron chi connectivity index (χ4n) is 3.15. The Balaban J connectivity index is 1.85. The highest BCUT2D eigenvalue weighted by Gasteiger charge is 2.39. The van der Waals surface area contributed by atoms with Crippen LogP contribution in [0.15, 0.2) is 41.4 Å². The van der Waals surface area contributed by atoms with Gasteiger partial charge in [0.25, 0.3) is 0 Å². The summed E-state index contributed by atoms with van der Waals surface area (Å²) < 4.78 is 108. The van der Waals surface area contributed by atoms with E-state index in [0.29, 0.717) is 0 Å². The first-order valence-corrected chi connectivity index (χ1v) is 9.78. The molecule has 1 aromatic carbocycles. The van der Waals surface area contributed by atoms with Gasteiger partial charge in [-0.15, -0.1) is 13.2 Å². The monoisotopic (exact) mass is 443 g/mol. The van der Waals surface area contributed by atoms with Crippen LogP contribution in [0.3, 0.4) is 0 Å². The van der Waals surface area contributed by atoms with Crippen LogP contribution in [-0.2, 0) is 16.2 Å². The Kier molecular flexibility index (Phi) is 5.56. The molecule has 0 unspecified atom stereocenters. The van der Waals surface area contributed by atoms with E-state index in [1.807, 2.05) is 0 Å². The molecule has 6 nitrogen and oxygen atoms in total. The number of benzene rings is 1. The van der Waals surface area contributed by atoms with Crippen molar-refractivity contribution in [1.82, 2.24) is 14.1 Å². The predicted molar refractivity (Wildman–Crippen MR) is 87.4 cm³/mol. The van der Waals surface area contributed by atoms with Crippen LogP contribution in [0.5, 0.6) is 5.75 Å². The maximum atomic E-state index is 13.1. The third kappa shape index (κ3) is 4.83. The Morgan fingerprint density at radius 2 is 1.83 bits per heavy atom.